The summed E-state index contributed by atoms with van der Waals surface area (Å²) in [5, 5.41) is 23.0. The lowest BCUT2D eigenvalue weighted by Gasteiger charge is -2.17. The second-order valence-electron chi connectivity index (χ2n) is 5.27. The van der Waals surface area contributed by atoms with E-state index in [0.717, 1.165) is 11.3 Å². The highest BCUT2D eigenvalue weighted by Gasteiger charge is 2.12. The number of nitrogens with one attached hydrogen (secondary N) is 1. The number of rotatable bonds is 6. The van der Waals surface area contributed by atoms with Gasteiger partial charge in [0.2, 0.25) is 0 Å². The average molecular weight is 311 g/mol. The zero-order valence-corrected chi connectivity index (χ0v) is 12.9. The monoisotopic (exact) mass is 311 g/mol. The minimum Gasteiger partial charge on any atom is -0.491 e. The molecule has 2 aromatic carbocycles. The fourth-order valence-electron chi connectivity index (χ4n) is 2.10. The van der Waals surface area contributed by atoms with Crippen molar-refractivity contribution in [1.82, 2.24) is 0 Å². The second-order valence-corrected chi connectivity index (χ2v) is 5.27. The summed E-state index contributed by atoms with van der Waals surface area (Å²) in [6.45, 7) is 4.31. The molecule has 0 aliphatic heterocycles. The highest BCUT2D eigenvalue weighted by molar-refractivity contribution is 5.61. The van der Waals surface area contributed by atoms with Crippen molar-refractivity contribution in [2.45, 2.75) is 19.9 Å². The van der Waals surface area contributed by atoms with Gasteiger partial charge in [-0.25, -0.2) is 0 Å². The molecule has 0 saturated carbocycles. The average Bonchev–Trinajstić information content (AvgIpc) is 2.53. The minimum absolute atomic E-state index is 0.0657. The number of hydrogen-bond donors (Lipinski definition) is 1. The summed E-state index contributed by atoms with van der Waals surface area (Å²) < 4.78 is 5.70. The van der Waals surface area contributed by atoms with Gasteiger partial charge in [0.15, 0.2) is 0 Å². The van der Waals surface area contributed by atoms with Crippen molar-refractivity contribution in [3.8, 4) is 11.8 Å². The van der Waals surface area contributed by atoms with E-state index in [9.17, 15) is 10.1 Å². The zero-order valence-electron chi connectivity index (χ0n) is 12.9. The number of nitriles is 1. The summed E-state index contributed by atoms with van der Waals surface area (Å²) in [4.78, 5) is 10.2. The van der Waals surface area contributed by atoms with Crippen molar-refractivity contribution in [3.63, 3.8) is 0 Å². The molecule has 2 rings (SSSR count). The second kappa shape index (κ2) is 7.27. The summed E-state index contributed by atoms with van der Waals surface area (Å²) in [5.74, 6) is 0.780. The number of nitrogens with zero attached hydrogens (tertiary/aromatic N) is 2. The molecule has 0 saturated heterocycles. The molecule has 6 heteroatoms. The van der Waals surface area contributed by atoms with Gasteiger partial charge in [-0.2, -0.15) is 5.26 Å². The lowest BCUT2D eigenvalue weighted by atomic mass is 10.1. The van der Waals surface area contributed by atoms with Crippen LogP contribution in [0.1, 0.15) is 18.1 Å². The Bertz CT molecular complexity index is 753. The maximum atomic E-state index is 10.7. The van der Waals surface area contributed by atoms with E-state index in [0.29, 0.717) is 12.3 Å². The molecule has 1 atom stereocenters. The smallest absolute Gasteiger partial charge is 0.270 e. The molecule has 118 valence electrons. The van der Waals surface area contributed by atoms with Crippen molar-refractivity contribution in [2.24, 2.45) is 0 Å². The predicted molar refractivity (Wildman–Crippen MR) is 87.6 cm³/mol. The van der Waals surface area contributed by atoms with Gasteiger partial charge in [-0.1, -0.05) is 12.1 Å². The van der Waals surface area contributed by atoms with Gasteiger partial charge in [0, 0.05) is 12.1 Å². The van der Waals surface area contributed by atoms with Gasteiger partial charge >= 0.3 is 0 Å². The summed E-state index contributed by atoms with van der Waals surface area (Å²) in [6, 6.07) is 13.8. The SMILES string of the molecule is Cc1cccc(OCC(C)Nc2ccc([N+](=O)[O-])cc2C#N)c1. The normalized spacial score (nSPS) is 11.3. The molecular weight excluding hydrogens is 294 g/mol. The number of non-ortho nitro benzene ring substituents is 1. The molecule has 0 heterocycles. The van der Waals surface area contributed by atoms with E-state index in [4.69, 9.17) is 10.00 Å². The van der Waals surface area contributed by atoms with Crippen LogP contribution >= 0.6 is 0 Å². The van der Waals surface area contributed by atoms with E-state index in [2.05, 4.69) is 5.32 Å². The molecule has 0 aliphatic carbocycles. The van der Waals surface area contributed by atoms with Gasteiger partial charge in [-0.15, -0.1) is 0 Å². The maximum Gasteiger partial charge on any atom is 0.270 e. The Morgan fingerprint density at radius 1 is 1.35 bits per heavy atom. The van der Waals surface area contributed by atoms with Gasteiger partial charge < -0.3 is 10.1 Å². The van der Waals surface area contributed by atoms with Crippen LogP contribution in [0.4, 0.5) is 11.4 Å². The molecule has 0 spiro atoms. The summed E-state index contributed by atoms with van der Waals surface area (Å²) in [7, 11) is 0. The first kappa shape index (κ1) is 16.3. The standard InChI is InChI=1S/C17H17N3O3/c1-12-4-3-5-16(8-12)23-11-13(2)19-17-7-6-15(20(21)22)9-14(17)10-18/h3-9,13,19H,11H2,1-2H3. The fourth-order valence-corrected chi connectivity index (χ4v) is 2.10. The van der Waals surface area contributed by atoms with Crippen molar-refractivity contribution >= 4 is 11.4 Å². The molecule has 0 aromatic heterocycles. The van der Waals surface area contributed by atoms with Crippen molar-refractivity contribution in [1.29, 1.82) is 5.26 Å². The molecule has 0 radical (unpaired) electrons. The van der Waals surface area contributed by atoms with E-state index < -0.39 is 4.92 Å². The van der Waals surface area contributed by atoms with Gasteiger partial charge in [-0.05, 0) is 37.6 Å². The molecule has 0 fully saturated rings. The Kier molecular flexibility index (Phi) is 5.15. The molecule has 6 nitrogen and oxygen atoms in total. The highest BCUT2D eigenvalue weighted by atomic mass is 16.6. The number of ether oxygens (including phenoxy) is 1. The summed E-state index contributed by atoms with van der Waals surface area (Å²) >= 11 is 0. The zero-order chi connectivity index (χ0) is 16.8. The third-order valence-electron chi connectivity index (χ3n) is 3.23. The Morgan fingerprint density at radius 3 is 2.78 bits per heavy atom. The minimum atomic E-state index is -0.519. The van der Waals surface area contributed by atoms with Crippen molar-refractivity contribution in [2.75, 3.05) is 11.9 Å². The maximum absolute atomic E-state index is 10.7. The van der Waals surface area contributed by atoms with Crippen molar-refractivity contribution in [3.05, 3.63) is 63.7 Å². The molecule has 1 unspecified atom stereocenters. The Morgan fingerprint density at radius 2 is 2.13 bits per heavy atom. The van der Waals surface area contributed by atoms with Crippen LogP contribution in [-0.4, -0.2) is 17.6 Å². The van der Waals surface area contributed by atoms with Gasteiger partial charge in [0.05, 0.1) is 22.2 Å². The van der Waals surface area contributed by atoms with E-state index in [1.54, 1.807) is 6.07 Å². The van der Waals surface area contributed by atoms with Gasteiger partial charge in [0.1, 0.15) is 18.4 Å². The molecule has 0 aliphatic rings. The fraction of sp³-hybridized carbons (Fsp3) is 0.235. The lowest BCUT2D eigenvalue weighted by molar-refractivity contribution is -0.384. The third kappa shape index (κ3) is 4.45. The highest BCUT2D eigenvalue weighted by Crippen LogP contribution is 2.22. The van der Waals surface area contributed by atoms with Crippen LogP contribution in [0, 0.1) is 28.4 Å². The first-order chi connectivity index (χ1) is 11.0. The van der Waals surface area contributed by atoms with E-state index in [1.807, 2.05) is 44.2 Å². The van der Waals surface area contributed by atoms with Crippen LogP contribution in [-0.2, 0) is 0 Å². The number of nitro benzene ring substituents is 1. The summed E-state index contributed by atoms with van der Waals surface area (Å²) in [5.41, 5.74) is 1.81. The van der Waals surface area contributed by atoms with Crippen LogP contribution in [0.3, 0.4) is 0 Å². The summed E-state index contributed by atoms with van der Waals surface area (Å²) in [6.07, 6.45) is 0. The van der Waals surface area contributed by atoms with Crippen LogP contribution in [0.5, 0.6) is 5.75 Å². The quantitative estimate of drug-likeness (QED) is 0.649. The topological polar surface area (TPSA) is 88.2 Å². The Hall–Kier alpha value is -3.07. The van der Waals surface area contributed by atoms with Crippen LogP contribution in [0.2, 0.25) is 0 Å². The number of hydrogen-bond acceptors (Lipinski definition) is 5. The Labute approximate surface area is 134 Å². The van der Waals surface area contributed by atoms with Crippen LogP contribution in [0.25, 0.3) is 0 Å². The molecule has 23 heavy (non-hydrogen) atoms. The van der Waals surface area contributed by atoms with Crippen molar-refractivity contribution < 1.29 is 9.66 Å². The number of nitro groups is 1. The molecule has 2 aromatic rings. The predicted octanol–water partition coefficient (Wildman–Crippen LogP) is 3.65. The van der Waals surface area contributed by atoms with E-state index in [-0.39, 0.29) is 17.3 Å². The van der Waals surface area contributed by atoms with E-state index >= 15 is 0 Å². The third-order valence-corrected chi connectivity index (χ3v) is 3.23. The Balaban J connectivity index is 2.01. The van der Waals surface area contributed by atoms with Gasteiger partial charge in [0.25, 0.3) is 5.69 Å². The number of aryl methyl sites for hydroxylation is 1. The first-order valence-electron chi connectivity index (χ1n) is 7.14. The van der Waals surface area contributed by atoms with E-state index in [1.165, 1.54) is 12.1 Å². The molecular formula is C17H17N3O3. The molecule has 0 bridgehead atoms. The largest absolute Gasteiger partial charge is 0.491 e. The number of benzene rings is 2. The van der Waals surface area contributed by atoms with Gasteiger partial charge in [-0.3, -0.25) is 10.1 Å². The van der Waals surface area contributed by atoms with Crippen LogP contribution < -0.4 is 10.1 Å². The molecule has 0 amide bonds. The molecule has 1 N–H and O–H groups in total. The lowest BCUT2D eigenvalue weighted by Crippen LogP contribution is -2.24. The first-order valence-corrected chi connectivity index (χ1v) is 7.14. The number of anilines is 1. The van der Waals surface area contributed by atoms with Crippen LogP contribution in [0.15, 0.2) is 42.5 Å².